The van der Waals surface area contributed by atoms with Crippen LogP contribution in [-0.2, 0) is 21.0 Å². The minimum atomic E-state index is -4.68. The van der Waals surface area contributed by atoms with Crippen molar-refractivity contribution in [3.63, 3.8) is 0 Å². The number of primary sulfonamides is 1. The second kappa shape index (κ2) is 9.92. The fraction of sp³-hybridized carbons (Fsp3) is 0.696. The van der Waals surface area contributed by atoms with Crippen LogP contribution in [0, 0.1) is 0 Å². The zero-order chi connectivity index (χ0) is 24.6. The van der Waals surface area contributed by atoms with Gasteiger partial charge in [0.25, 0.3) is 0 Å². The highest BCUT2D eigenvalue weighted by Crippen LogP contribution is 2.50. The van der Waals surface area contributed by atoms with Crippen molar-refractivity contribution < 1.29 is 26.4 Å². The first kappa shape index (κ1) is 26.0. The number of hydrogen-bond donors (Lipinski definition) is 1. The average Bonchev–Trinajstić information content (AvgIpc) is 3.56. The molecule has 0 radical (unpaired) electrons. The SMILES string of the molecule is CCCC(CC(=O)N1CCC(c2c(S(N)(=O)=O)ccc(C3CC3)c2C(F)(F)F)CC1)N(C)C. The summed E-state index contributed by atoms with van der Waals surface area (Å²) in [6, 6.07) is 2.62. The monoisotopic (exact) mass is 489 g/mol. The Labute approximate surface area is 194 Å². The number of carbonyl (C=O) groups is 1. The zero-order valence-corrected chi connectivity index (χ0v) is 20.3. The highest BCUT2D eigenvalue weighted by Gasteiger charge is 2.44. The first-order valence-corrected chi connectivity index (χ1v) is 13.1. The number of nitrogens with zero attached hydrogens (tertiary/aromatic N) is 2. The minimum Gasteiger partial charge on any atom is -0.343 e. The molecule has 186 valence electrons. The third kappa shape index (κ3) is 6.08. The van der Waals surface area contributed by atoms with Gasteiger partial charge in [-0.1, -0.05) is 19.4 Å². The Morgan fingerprint density at radius 1 is 1.15 bits per heavy atom. The summed E-state index contributed by atoms with van der Waals surface area (Å²) in [4.78, 5) is 16.1. The van der Waals surface area contributed by atoms with E-state index in [0.29, 0.717) is 32.4 Å². The predicted molar refractivity (Wildman–Crippen MR) is 120 cm³/mol. The van der Waals surface area contributed by atoms with Crippen molar-refractivity contribution in [2.75, 3.05) is 27.2 Å². The Morgan fingerprint density at radius 3 is 2.21 bits per heavy atom. The molecule has 3 rings (SSSR count). The molecule has 0 spiro atoms. The molecular formula is C23H34F3N3O3S. The second-order valence-electron chi connectivity index (χ2n) is 9.52. The lowest BCUT2D eigenvalue weighted by atomic mass is 9.83. The highest BCUT2D eigenvalue weighted by atomic mass is 32.2. The van der Waals surface area contributed by atoms with Gasteiger partial charge >= 0.3 is 6.18 Å². The van der Waals surface area contributed by atoms with Crippen molar-refractivity contribution in [3.8, 4) is 0 Å². The lowest BCUT2D eigenvalue weighted by molar-refractivity contribution is -0.140. The molecule has 33 heavy (non-hydrogen) atoms. The van der Waals surface area contributed by atoms with E-state index in [4.69, 9.17) is 5.14 Å². The Bertz CT molecular complexity index is 967. The van der Waals surface area contributed by atoms with Crippen LogP contribution >= 0.6 is 0 Å². The van der Waals surface area contributed by atoms with Crippen LogP contribution in [0.1, 0.15) is 80.4 Å². The van der Waals surface area contributed by atoms with E-state index >= 15 is 0 Å². The molecule has 10 heteroatoms. The van der Waals surface area contributed by atoms with Crippen LogP contribution in [-0.4, -0.2) is 57.4 Å². The van der Waals surface area contributed by atoms with E-state index in [0.717, 1.165) is 12.8 Å². The van der Waals surface area contributed by atoms with Gasteiger partial charge in [-0.2, -0.15) is 13.2 Å². The number of alkyl halides is 3. The van der Waals surface area contributed by atoms with Crippen molar-refractivity contribution in [2.45, 2.75) is 80.8 Å². The Balaban J connectivity index is 1.87. The van der Waals surface area contributed by atoms with E-state index in [2.05, 4.69) is 6.92 Å². The van der Waals surface area contributed by atoms with Crippen LogP contribution in [0.15, 0.2) is 17.0 Å². The van der Waals surface area contributed by atoms with E-state index in [1.807, 2.05) is 19.0 Å². The van der Waals surface area contributed by atoms with Crippen molar-refractivity contribution in [3.05, 3.63) is 28.8 Å². The van der Waals surface area contributed by atoms with Crippen LogP contribution in [0.3, 0.4) is 0 Å². The molecule has 0 aromatic heterocycles. The maximum atomic E-state index is 14.2. The largest absolute Gasteiger partial charge is 0.417 e. The third-order valence-corrected chi connectivity index (χ3v) is 7.83. The van der Waals surface area contributed by atoms with Gasteiger partial charge < -0.3 is 9.80 Å². The van der Waals surface area contributed by atoms with Gasteiger partial charge in [0.2, 0.25) is 15.9 Å². The quantitative estimate of drug-likeness (QED) is 0.597. The number of rotatable bonds is 8. The van der Waals surface area contributed by atoms with Crippen LogP contribution in [0.4, 0.5) is 13.2 Å². The molecule has 1 amide bonds. The molecular weight excluding hydrogens is 455 g/mol. The summed E-state index contributed by atoms with van der Waals surface area (Å²) in [7, 11) is -0.474. The molecule has 2 aliphatic rings. The van der Waals surface area contributed by atoms with Gasteiger partial charge in [-0.15, -0.1) is 0 Å². The second-order valence-corrected chi connectivity index (χ2v) is 11.1. The highest BCUT2D eigenvalue weighted by molar-refractivity contribution is 7.89. The fourth-order valence-electron chi connectivity index (χ4n) is 4.95. The molecule has 1 saturated carbocycles. The van der Waals surface area contributed by atoms with E-state index in [9.17, 15) is 26.4 Å². The van der Waals surface area contributed by atoms with Gasteiger partial charge in [0.1, 0.15) is 0 Å². The van der Waals surface area contributed by atoms with Crippen molar-refractivity contribution in [1.82, 2.24) is 9.80 Å². The van der Waals surface area contributed by atoms with Gasteiger partial charge in [-0.25, -0.2) is 13.6 Å². The summed E-state index contributed by atoms with van der Waals surface area (Å²) in [5.74, 6) is -0.842. The molecule has 1 aromatic carbocycles. The van der Waals surface area contributed by atoms with E-state index in [1.54, 1.807) is 4.90 Å². The number of likely N-dealkylation sites (tertiary alicyclic amines) is 1. The first-order valence-electron chi connectivity index (χ1n) is 11.6. The third-order valence-electron chi connectivity index (χ3n) is 6.86. The minimum absolute atomic E-state index is 0.0185. The number of carbonyl (C=O) groups excluding carboxylic acids is 1. The van der Waals surface area contributed by atoms with E-state index in [1.165, 1.54) is 12.1 Å². The maximum Gasteiger partial charge on any atom is 0.417 e. The Hall–Kier alpha value is -1.65. The molecule has 1 saturated heterocycles. The topological polar surface area (TPSA) is 83.7 Å². The molecule has 1 aliphatic carbocycles. The lowest BCUT2D eigenvalue weighted by Crippen LogP contribution is -2.42. The van der Waals surface area contributed by atoms with Gasteiger partial charge in [0.05, 0.1) is 10.5 Å². The van der Waals surface area contributed by atoms with Gasteiger partial charge in [-0.3, -0.25) is 4.79 Å². The molecule has 6 nitrogen and oxygen atoms in total. The molecule has 1 aliphatic heterocycles. The normalized spacial score (nSPS) is 19.2. The maximum absolute atomic E-state index is 14.2. The summed E-state index contributed by atoms with van der Waals surface area (Å²) in [6.45, 7) is 2.65. The molecule has 2 N–H and O–H groups in total. The van der Waals surface area contributed by atoms with Gasteiger partial charge in [0, 0.05) is 25.6 Å². The predicted octanol–water partition coefficient (Wildman–Crippen LogP) is 4.06. The number of nitrogens with two attached hydrogens (primary N) is 1. The zero-order valence-electron chi connectivity index (χ0n) is 19.5. The van der Waals surface area contributed by atoms with E-state index in [-0.39, 0.29) is 41.8 Å². The van der Waals surface area contributed by atoms with Crippen LogP contribution in [0.2, 0.25) is 0 Å². The number of halogens is 3. The summed E-state index contributed by atoms with van der Waals surface area (Å²) in [5.41, 5.74) is -0.882. The number of sulfonamides is 1. The molecule has 2 fully saturated rings. The van der Waals surface area contributed by atoms with Crippen LogP contribution in [0.25, 0.3) is 0 Å². The summed E-state index contributed by atoms with van der Waals surface area (Å²) >= 11 is 0. The number of piperidine rings is 1. The summed E-state index contributed by atoms with van der Waals surface area (Å²) in [5, 5.41) is 5.34. The average molecular weight is 490 g/mol. The first-order chi connectivity index (χ1) is 15.3. The van der Waals surface area contributed by atoms with Crippen molar-refractivity contribution in [1.29, 1.82) is 0 Å². The number of hydrogen-bond acceptors (Lipinski definition) is 4. The van der Waals surface area contributed by atoms with E-state index < -0.39 is 32.6 Å². The molecule has 1 heterocycles. The molecule has 1 atom stereocenters. The van der Waals surface area contributed by atoms with Gasteiger partial charge in [-0.05, 0) is 75.2 Å². The van der Waals surface area contributed by atoms with Crippen LogP contribution < -0.4 is 5.14 Å². The Morgan fingerprint density at radius 2 is 1.76 bits per heavy atom. The lowest BCUT2D eigenvalue weighted by Gasteiger charge is -2.35. The summed E-state index contributed by atoms with van der Waals surface area (Å²) < 4.78 is 67.1. The fourth-order valence-corrected chi connectivity index (χ4v) is 5.78. The standard InChI is InChI=1S/C23H34F3N3O3S/c1-4-5-17(28(2)3)14-20(30)29-12-10-16(11-13-29)21-19(33(27,31)32)9-8-18(15-6-7-15)22(21)23(24,25)26/h8-9,15-17H,4-7,10-14H2,1-3H3,(H2,27,31,32). The van der Waals surface area contributed by atoms with Gasteiger partial charge in [0.15, 0.2) is 0 Å². The van der Waals surface area contributed by atoms with Crippen molar-refractivity contribution in [2.24, 2.45) is 5.14 Å². The van der Waals surface area contributed by atoms with Crippen LogP contribution in [0.5, 0.6) is 0 Å². The van der Waals surface area contributed by atoms with Crippen molar-refractivity contribution >= 4 is 15.9 Å². The molecule has 1 aromatic rings. The Kier molecular flexibility index (Phi) is 7.80. The number of benzene rings is 1. The summed E-state index contributed by atoms with van der Waals surface area (Å²) in [6.07, 6.45) is -0.622. The molecule has 1 unspecified atom stereocenters. The molecule has 0 bridgehead atoms. The number of amides is 1. The smallest absolute Gasteiger partial charge is 0.343 e.